The SMILES string of the molecule is O=C(NCc1ccccc1)c1ccc(CI)cc1N(c1nsnc1Cc1ccccc1)S(=O)O. The summed E-state index contributed by atoms with van der Waals surface area (Å²) in [6.45, 7) is 0.340. The van der Waals surface area contributed by atoms with Gasteiger partial charge in [-0.25, -0.2) is 8.51 Å². The third-order valence-corrected chi connectivity index (χ3v) is 7.19. The van der Waals surface area contributed by atoms with Gasteiger partial charge in [0.25, 0.3) is 17.2 Å². The maximum absolute atomic E-state index is 13.2. The van der Waals surface area contributed by atoms with E-state index in [2.05, 4.69) is 36.7 Å². The van der Waals surface area contributed by atoms with Crippen molar-refractivity contribution in [3.8, 4) is 0 Å². The van der Waals surface area contributed by atoms with Crippen LogP contribution in [0.5, 0.6) is 0 Å². The van der Waals surface area contributed by atoms with Gasteiger partial charge in [-0.3, -0.25) is 9.35 Å². The topological polar surface area (TPSA) is 95.4 Å². The normalized spacial score (nSPS) is 11.7. The van der Waals surface area contributed by atoms with Gasteiger partial charge in [0.05, 0.1) is 23.0 Å². The molecule has 1 amide bonds. The van der Waals surface area contributed by atoms with Gasteiger partial charge in [0.1, 0.15) is 5.69 Å². The molecule has 0 aliphatic heterocycles. The largest absolute Gasteiger partial charge is 0.348 e. The fourth-order valence-electron chi connectivity index (χ4n) is 3.42. The zero-order valence-electron chi connectivity index (χ0n) is 17.9. The lowest BCUT2D eigenvalue weighted by Gasteiger charge is -2.22. The van der Waals surface area contributed by atoms with Crippen molar-refractivity contribution in [3.63, 3.8) is 0 Å². The van der Waals surface area contributed by atoms with Crippen LogP contribution in [0.4, 0.5) is 11.5 Å². The second kappa shape index (κ2) is 11.6. The van der Waals surface area contributed by atoms with Crippen LogP contribution >= 0.6 is 34.3 Å². The lowest BCUT2D eigenvalue weighted by molar-refractivity contribution is 0.0951. The molecule has 3 aromatic carbocycles. The summed E-state index contributed by atoms with van der Waals surface area (Å²) in [6.07, 6.45) is 0.446. The minimum absolute atomic E-state index is 0.261. The molecule has 34 heavy (non-hydrogen) atoms. The molecule has 0 saturated heterocycles. The van der Waals surface area contributed by atoms with Crippen molar-refractivity contribution >= 4 is 63.0 Å². The number of nitrogens with one attached hydrogen (secondary N) is 1. The predicted molar refractivity (Wildman–Crippen MR) is 144 cm³/mol. The number of benzene rings is 3. The van der Waals surface area contributed by atoms with Gasteiger partial charge in [0, 0.05) is 17.4 Å². The Kier molecular flexibility index (Phi) is 8.38. The average Bonchev–Trinajstić information content (AvgIpc) is 3.31. The van der Waals surface area contributed by atoms with Crippen LogP contribution < -0.4 is 9.62 Å². The number of aromatic nitrogens is 2. The lowest BCUT2D eigenvalue weighted by atomic mass is 10.1. The van der Waals surface area contributed by atoms with Crippen molar-refractivity contribution in [3.05, 3.63) is 107 Å². The van der Waals surface area contributed by atoms with Crippen molar-refractivity contribution in [2.75, 3.05) is 4.31 Å². The van der Waals surface area contributed by atoms with Gasteiger partial charge in [-0.2, -0.15) is 8.75 Å². The highest BCUT2D eigenvalue weighted by Gasteiger charge is 2.27. The third kappa shape index (κ3) is 5.87. The Morgan fingerprint density at radius 1 is 0.971 bits per heavy atom. The molecule has 4 aromatic rings. The lowest BCUT2D eigenvalue weighted by Crippen LogP contribution is -2.28. The van der Waals surface area contributed by atoms with Crippen LogP contribution in [0.15, 0.2) is 78.9 Å². The van der Waals surface area contributed by atoms with E-state index in [0.29, 0.717) is 28.8 Å². The molecule has 4 rings (SSSR count). The van der Waals surface area contributed by atoms with Gasteiger partial charge in [0.2, 0.25) is 0 Å². The van der Waals surface area contributed by atoms with E-state index in [4.69, 9.17) is 0 Å². The van der Waals surface area contributed by atoms with Crippen molar-refractivity contribution in [2.45, 2.75) is 17.4 Å². The number of carbonyl (C=O) groups excluding carboxylic acids is 1. The number of anilines is 2. The fourth-order valence-corrected chi connectivity index (χ4v) is 5.11. The molecular weight excluding hydrogens is 583 g/mol. The molecule has 1 atom stereocenters. The molecule has 0 saturated carbocycles. The van der Waals surface area contributed by atoms with E-state index in [9.17, 15) is 13.6 Å². The second-order valence-corrected chi connectivity index (χ2v) is 9.49. The Labute approximate surface area is 218 Å². The van der Waals surface area contributed by atoms with E-state index in [1.54, 1.807) is 12.1 Å². The maximum Gasteiger partial charge on any atom is 0.268 e. The minimum Gasteiger partial charge on any atom is -0.348 e. The highest BCUT2D eigenvalue weighted by Crippen LogP contribution is 2.33. The van der Waals surface area contributed by atoms with Crippen LogP contribution in [-0.2, 0) is 28.7 Å². The molecule has 0 fully saturated rings. The van der Waals surface area contributed by atoms with Crippen molar-refractivity contribution < 1.29 is 13.6 Å². The number of hydrogen-bond donors (Lipinski definition) is 2. The van der Waals surface area contributed by atoms with Crippen LogP contribution in [-0.4, -0.2) is 23.4 Å². The Balaban J connectivity index is 1.70. The molecular formula is C24H21IN4O3S2. The number of alkyl halides is 1. The molecule has 10 heteroatoms. The monoisotopic (exact) mass is 604 g/mol. The first-order valence-electron chi connectivity index (χ1n) is 10.3. The second-order valence-electron chi connectivity index (χ2n) is 7.38. The van der Waals surface area contributed by atoms with Crippen LogP contribution in [0.2, 0.25) is 0 Å². The van der Waals surface area contributed by atoms with E-state index in [1.807, 2.05) is 66.7 Å². The maximum atomic E-state index is 13.2. The Bertz CT molecular complexity index is 1290. The molecule has 0 radical (unpaired) electrons. The van der Waals surface area contributed by atoms with Gasteiger partial charge in [-0.15, -0.1) is 0 Å². The number of nitrogens with zero attached hydrogens (tertiary/aromatic N) is 3. The van der Waals surface area contributed by atoms with Gasteiger partial charge in [-0.1, -0.05) is 89.3 Å². The van der Waals surface area contributed by atoms with Crippen LogP contribution in [0.3, 0.4) is 0 Å². The van der Waals surface area contributed by atoms with Crippen LogP contribution in [0.25, 0.3) is 0 Å². The van der Waals surface area contributed by atoms with Crippen molar-refractivity contribution in [2.24, 2.45) is 0 Å². The van der Waals surface area contributed by atoms with E-state index in [-0.39, 0.29) is 17.3 Å². The molecule has 1 aromatic heterocycles. The summed E-state index contributed by atoms with van der Waals surface area (Å²) in [5.74, 6) is -0.0838. The third-order valence-electron chi connectivity index (χ3n) is 5.08. The predicted octanol–water partition coefficient (Wildman–Crippen LogP) is 5.27. The molecule has 0 spiro atoms. The number of carbonyl (C=O) groups is 1. The number of rotatable bonds is 9. The van der Waals surface area contributed by atoms with Gasteiger partial charge >= 0.3 is 0 Å². The molecule has 174 valence electrons. The minimum atomic E-state index is -2.47. The first-order valence-corrected chi connectivity index (χ1v) is 13.7. The molecule has 7 nitrogen and oxygen atoms in total. The first-order chi connectivity index (χ1) is 16.6. The van der Waals surface area contributed by atoms with Gasteiger partial charge in [0.15, 0.2) is 5.82 Å². The van der Waals surface area contributed by atoms with Crippen molar-refractivity contribution in [1.29, 1.82) is 0 Å². The highest BCUT2D eigenvalue weighted by molar-refractivity contribution is 14.1. The van der Waals surface area contributed by atoms with E-state index >= 15 is 0 Å². The first kappa shape index (κ1) is 24.5. The van der Waals surface area contributed by atoms with E-state index < -0.39 is 11.3 Å². The molecule has 0 aliphatic rings. The molecule has 1 unspecified atom stereocenters. The summed E-state index contributed by atoms with van der Waals surface area (Å²) in [6, 6.07) is 24.5. The summed E-state index contributed by atoms with van der Waals surface area (Å²) < 4.78 is 33.5. The fraction of sp³-hybridized carbons (Fsp3) is 0.125. The molecule has 0 aliphatic carbocycles. The Morgan fingerprint density at radius 3 is 2.29 bits per heavy atom. The quantitative estimate of drug-likeness (QED) is 0.154. The molecule has 1 heterocycles. The summed E-state index contributed by atoms with van der Waals surface area (Å²) >= 11 is 0.711. The zero-order valence-corrected chi connectivity index (χ0v) is 21.7. The highest BCUT2D eigenvalue weighted by atomic mass is 127. The molecule has 0 bridgehead atoms. The van der Waals surface area contributed by atoms with Crippen LogP contribution in [0.1, 0.15) is 32.7 Å². The summed E-state index contributed by atoms with van der Waals surface area (Å²) in [5, 5.41) is 2.91. The van der Waals surface area contributed by atoms with Crippen molar-refractivity contribution in [1.82, 2.24) is 14.1 Å². The van der Waals surface area contributed by atoms with E-state index in [0.717, 1.165) is 28.4 Å². The van der Waals surface area contributed by atoms with E-state index in [1.165, 1.54) is 4.31 Å². The van der Waals surface area contributed by atoms with Gasteiger partial charge in [-0.05, 0) is 28.8 Å². The number of amides is 1. The number of hydrogen-bond acceptors (Lipinski definition) is 5. The number of halogens is 1. The standard InChI is InChI=1S/C24H21IN4O3S2/c25-15-19-11-12-20(24(30)26-16-18-9-5-2-6-10-18)22(14-19)29(34(31)32)23-21(27-33-28-23)13-17-7-3-1-4-8-17/h1-12,14H,13,15-16H2,(H,26,30)(H,31,32). The summed E-state index contributed by atoms with van der Waals surface area (Å²) in [4.78, 5) is 13.2. The Morgan fingerprint density at radius 2 is 1.65 bits per heavy atom. The average molecular weight is 604 g/mol. The summed E-state index contributed by atoms with van der Waals surface area (Å²) in [7, 11) is 0. The zero-order chi connectivity index (χ0) is 23.9. The van der Waals surface area contributed by atoms with Crippen LogP contribution in [0, 0.1) is 0 Å². The smallest absolute Gasteiger partial charge is 0.268 e. The molecule has 2 N–H and O–H groups in total. The summed E-state index contributed by atoms with van der Waals surface area (Å²) in [5.41, 5.74) is 4.03. The van der Waals surface area contributed by atoms with Gasteiger partial charge < -0.3 is 5.32 Å². The Hall–Kier alpha value is -2.67.